The predicted octanol–water partition coefficient (Wildman–Crippen LogP) is 17.2. The number of ether oxygens (including phenoxy) is 3. The Balaban J connectivity index is 4.24. The average molecular weight is 845 g/mol. The summed E-state index contributed by atoms with van der Waals surface area (Å²) in [4.78, 5) is 37.9. The van der Waals surface area contributed by atoms with Gasteiger partial charge in [-0.3, -0.25) is 14.4 Å². The van der Waals surface area contributed by atoms with Crippen LogP contribution in [0.2, 0.25) is 0 Å². The van der Waals surface area contributed by atoms with E-state index in [9.17, 15) is 14.4 Å². The van der Waals surface area contributed by atoms with E-state index in [0.717, 1.165) is 70.6 Å². The Bertz CT molecular complexity index is 973. The van der Waals surface area contributed by atoms with Gasteiger partial charge in [-0.2, -0.15) is 0 Å². The molecule has 0 bridgehead atoms. The largest absolute Gasteiger partial charge is 0.462 e. The van der Waals surface area contributed by atoms with E-state index in [-0.39, 0.29) is 31.1 Å². The Morgan fingerprint density at radius 2 is 0.650 bits per heavy atom. The summed E-state index contributed by atoms with van der Waals surface area (Å²) in [6.07, 6.45) is 56.1. The van der Waals surface area contributed by atoms with Gasteiger partial charge in [-0.25, -0.2) is 0 Å². The number of carbonyl (C=O) groups is 3. The molecule has 0 fully saturated rings. The first-order chi connectivity index (χ1) is 29.5. The molecule has 352 valence electrons. The molecule has 0 aromatic rings. The normalized spacial score (nSPS) is 12.1. The number of unbranched alkanes of at least 4 members (excludes halogenated alkanes) is 33. The lowest BCUT2D eigenvalue weighted by molar-refractivity contribution is -0.167. The minimum atomic E-state index is -0.777. The standard InChI is InChI=1S/C54H100O6/c1-4-7-10-13-16-19-21-23-25-26-27-28-29-31-32-35-38-41-44-47-53(56)59-50-51(49-58-52(55)46-43-40-37-34-18-15-12-9-6-3)60-54(57)48-45-42-39-36-33-30-24-22-20-17-14-11-8-5-2/h9,12,18,34,51H,4-8,10-11,13-17,19-33,35-50H2,1-3H3/b12-9-,34-18-. The van der Waals surface area contributed by atoms with Crippen LogP contribution in [0.4, 0.5) is 0 Å². The van der Waals surface area contributed by atoms with Gasteiger partial charge < -0.3 is 14.2 Å². The molecule has 6 heteroatoms. The van der Waals surface area contributed by atoms with Crippen molar-refractivity contribution in [3.63, 3.8) is 0 Å². The number of rotatable bonds is 48. The van der Waals surface area contributed by atoms with Crippen molar-refractivity contribution >= 4 is 17.9 Å². The summed E-state index contributed by atoms with van der Waals surface area (Å²) in [7, 11) is 0. The fourth-order valence-corrected chi connectivity index (χ4v) is 7.78. The SMILES string of the molecule is CC/C=C\C/C=C\CCCCC(=O)OCC(COC(=O)CCCCCCCCCCCCCCCCCCCCC)OC(=O)CCCCCCCCCCCCCCCC. The molecule has 0 saturated carbocycles. The summed E-state index contributed by atoms with van der Waals surface area (Å²) in [6.45, 7) is 6.52. The van der Waals surface area contributed by atoms with E-state index >= 15 is 0 Å². The molecule has 6 nitrogen and oxygen atoms in total. The maximum atomic E-state index is 12.8. The first-order valence-electron chi connectivity index (χ1n) is 26.3. The van der Waals surface area contributed by atoms with Gasteiger partial charge in [-0.1, -0.05) is 244 Å². The molecule has 0 amide bonds. The molecule has 0 N–H and O–H groups in total. The van der Waals surface area contributed by atoms with Crippen molar-refractivity contribution in [1.29, 1.82) is 0 Å². The maximum absolute atomic E-state index is 12.8. The zero-order valence-corrected chi connectivity index (χ0v) is 40.2. The van der Waals surface area contributed by atoms with Crippen LogP contribution in [0.25, 0.3) is 0 Å². The minimum absolute atomic E-state index is 0.0764. The Hall–Kier alpha value is -2.11. The Kier molecular flexibility index (Phi) is 47.8. The van der Waals surface area contributed by atoms with E-state index in [1.165, 1.54) is 173 Å². The minimum Gasteiger partial charge on any atom is -0.462 e. The highest BCUT2D eigenvalue weighted by Crippen LogP contribution is 2.17. The molecular weight excluding hydrogens is 745 g/mol. The highest BCUT2D eigenvalue weighted by Gasteiger charge is 2.19. The van der Waals surface area contributed by atoms with Gasteiger partial charge in [0, 0.05) is 19.3 Å². The van der Waals surface area contributed by atoms with Crippen LogP contribution in [-0.4, -0.2) is 37.2 Å². The first kappa shape index (κ1) is 57.9. The Labute approximate surface area is 373 Å². The molecule has 60 heavy (non-hydrogen) atoms. The van der Waals surface area contributed by atoms with E-state index in [1.807, 2.05) is 0 Å². The van der Waals surface area contributed by atoms with E-state index in [2.05, 4.69) is 45.1 Å². The van der Waals surface area contributed by atoms with Crippen molar-refractivity contribution in [2.45, 2.75) is 290 Å². The van der Waals surface area contributed by atoms with Crippen molar-refractivity contribution in [3.8, 4) is 0 Å². The molecule has 1 unspecified atom stereocenters. The summed E-state index contributed by atoms with van der Waals surface area (Å²) in [5.74, 6) is -0.900. The van der Waals surface area contributed by atoms with Crippen molar-refractivity contribution in [2.75, 3.05) is 13.2 Å². The van der Waals surface area contributed by atoms with Crippen LogP contribution in [0.5, 0.6) is 0 Å². The van der Waals surface area contributed by atoms with Gasteiger partial charge in [0.05, 0.1) is 0 Å². The maximum Gasteiger partial charge on any atom is 0.306 e. The van der Waals surface area contributed by atoms with Crippen molar-refractivity contribution in [1.82, 2.24) is 0 Å². The summed E-state index contributed by atoms with van der Waals surface area (Å²) < 4.78 is 16.7. The number of carbonyl (C=O) groups excluding carboxylic acids is 3. The van der Waals surface area contributed by atoms with Gasteiger partial charge in [0.1, 0.15) is 13.2 Å². The third-order valence-electron chi connectivity index (χ3n) is 11.7. The van der Waals surface area contributed by atoms with E-state index in [4.69, 9.17) is 14.2 Å². The molecule has 0 aliphatic heterocycles. The van der Waals surface area contributed by atoms with Crippen molar-refractivity contribution < 1.29 is 28.6 Å². The molecule has 0 aliphatic carbocycles. The molecule has 0 saturated heterocycles. The van der Waals surface area contributed by atoms with Gasteiger partial charge in [0.15, 0.2) is 6.10 Å². The van der Waals surface area contributed by atoms with Crippen LogP contribution in [-0.2, 0) is 28.6 Å². The van der Waals surface area contributed by atoms with Gasteiger partial charge in [-0.05, 0) is 44.9 Å². The van der Waals surface area contributed by atoms with Gasteiger partial charge in [-0.15, -0.1) is 0 Å². The van der Waals surface area contributed by atoms with Crippen molar-refractivity contribution in [2.24, 2.45) is 0 Å². The number of esters is 3. The van der Waals surface area contributed by atoms with E-state index in [0.29, 0.717) is 19.3 Å². The monoisotopic (exact) mass is 845 g/mol. The number of hydrogen-bond acceptors (Lipinski definition) is 6. The average Bonchev–Trinajstić information content (AvgIpc) is 3.24. The van der Waals surface area contributed by atoms with Crippen LogP contribution >= 0.6 is 0 Å². The second-order valence-electron chi connectivity index (χ2n) is 17.8. The van der Waals surface area contributed by atoms with Crippen LogP contribution in [0.3, 0.4) is 0 Å². The van der Waals surface area contributed by atoms with Gasteiger partial charge in [0.2, 0.25) is 0 Å². The summed E-state index contributed by atoms with van der Waals surface area (Å²) in [5, 5.41) is 0. The molecule has 0 spiro atoms. The van der Waals surface area contributed by atoms with Crippen LogP contribution in [0.1, 0.15) is 284 Å². The quantitative estimate of drug-likeness (QED) is 0.0263. The smallest absolute Gasteiger partial charge is 0.306 e. The van der Waals surface area contributed by atoms with Crippen molar-refractivity contribution in [3.05, 3.63) is 24.3 Å². The lowest BCUT2D eigenvalue weighted by atomic mass is 10.0. The molecule has 1 atom stereocenters. The zero-order chi connectivity index (χ0) is 43.7. The second-order valence-corrected chi connectivity index (χ2v) is 17.8. The van der Waals surface area contributed by atoms with E-state index in [1.54, 1.807) is 0 Å². The van der Waals surface area contributed by atoms with Crippen LogP contribution in [0, 0.1) is 0 Å². The zero-order valence-electron chi connectivity index (χ0n) is 40.2. The number of allylic oxidation sites excluding steroid dienone is 4. The molecule has 0 radical (unpaired) electrons. The fraction of sp³-hybridized carbons (Fsp3) is 0.870. The molecule has 0 rings (SSSR count). The summed E-state index contributed by atoms with van der Waals surface area (Å²) in [6, 6.07) is 0. The fourth-order valence-electron chi connectivity index (χ4n) is 7.78. The lowest BCUT2D eigenvalue weighted by Gasteiger charge is -2.18. The second kappa shape index (κ2) is 49.5. The van der Waals surface area contributed by atoms with Gasteiger partial charge in [0.25, 0.3) is 0 Å². The van der Waals surface area contributed by atoms with Crippen LogP contribution in [0.15, 0.2) is 24.3 Å². The molecule has 0 heterocycles. The third kappa shape index (κ3) is 46.9. The summed E-state index contributed by atoms with van der Waals surface area (Å²) >= 11 is 0. The predicted molar refractivity (Wildman–Crippen MR) is 256 cm³/mol. The van der Waals surface area contributed by atoms with Gasteiger partial charge >= 0.3 is 17.9 Å². The molecular formula is C54H100O6. The highest BCUT2D eigenvalue weighted by molar-refractivity contribution is 5.71. The molecule has 0 aliphatic rings. The van der Waals surface area contributed by atoms with E-state index < -0.39 is 6.10 Å². The first-order valence-corrected chi connectivity index (χ1v) is 26.3. The Morgan fingerprint density at radius 1 is 0.350 bits per heavy atom. The summed E-state index contributed by atoms with van der Waals surface area (Å²) in [5.41, 5.74) is 0. The molecule has 0 aromatic heterocycles. The van der Waals surface area contributed by atoms with Crippen LogP contribution < -0.4 is 0 Å². The highest BCUT2D eigenvalue weighted by atomic mass is 16.6. The Morgan fingerprint density at radius 3 is 1.00 bits per heavy atom. The third-order valence-corrected chi connectivity index (χ3v) is 11.7. The molecule has 0 aromatic carbocycles. The number of hydrogen-bond donors (Lipinski definition) is 0. The lowest BCUT2D eigenvalue weighted by Crippen LogP contribution is -2.30. The topological polar surface area (TPSA) is 78.9 Å².